The molecular formula is C12H22N2O3. The van der Waals surface area contributed by atoms with Crippen LogP contribution in [0.4, 0.5) is 0 Å². The number of piperidine rings is 1. The number of rotatable bonds is 5. The van der Waals surface area contributed by atoms with Gasteiger partial charge < -0.3 is 15.0 Å². The number of methoxy groups -OCH3 is 1. The average molecular weight is 242 g/mol. The predicted octanol–water partition coefficient (Wildman–Crippen LogP) is 0.398. The highest BCUT2D eigenvalue weighted by Crippen LogP contribution is 2.13. The topological polar surface area (TPSA) is 58.6 Å². The van der Waals surface area contributed by atoms with Crippen LogP contribution in [0.15, 0.2) is 0 Å². The van der Waals surface area contributed by atoms with Crippen LogP contribution in [0.1, 0.15) is 25.7 Å². The number of nitrogens with zero attached hydrogens (tertiary/aromatic N) is 1. The van der Waals surface area contributed by atoms with Crippen molar-refractivity contribution in [3.05, 3.63) is 0 Å². The van der Waals surface area contributed by atoms with Gasteiger partial charge in [-0.1, -0.05) is 0 Å². The number of carbonyl (C=O) groups is 2. The van der Waals surface area contributed by atoms with Crippen LogP contribution in [0, 0.1) is 5.92 Å². The van der Waals surface area contributed by atoms with Crippen LogP contribution in [-0.4, -0.2) is 50.6 Å². The van der Waals surface area contributed by atoms with Crippen molar-refractivity contribution in [1.82, 2.24) is 10.2 Å². The first-order valence-electron chi connectivity index (χ1n) is 6.17. The van der Waals surface area contributed by atoms with Crippen molar-refractivity contribution >= 4 is 11.9 Å². The first kappa shape index (κ1) is 14.0. The van der Waals surface area contributed by atoms with Gasteiger partial charge in [-0.15, -0.1) is 0 Å². The third-order valence-electron chi connectivity index (χ3n) is 3.12. The molecule has 1 fully saturated rings. The quantitative estimate of drug-likeness (QED) is 0.709. The largest absolute Gasteiger partial charge is 0.469 e. The molecule has 1 heterocycles. The van der Waals surface area contributed by atoms with Crippen LogP contribution in [0.25, 0.3) is 0 Å². The standard InChI is InChI=1S/C12H22N2O3/c1-14(8-4-6-11(15)17-2)12(16)10-5-3-7-13-9-10/h10,13H,3-9H2,1-2H3/t10-/m1/s1. The van der Waals surface area contributed by atoms with Gasteiger partial charge in [0.1, 0.15) is 0 Å². The molecule has 1 N–H and O–H groups in total. The van der Waals surface area contributed by atoms with E-state index in [2.05, 4.69) is 10.1 Å². The SMILES string of the molecule is COC(=O)CCCN(C)C(=O)[C@@H]1CCCNC1. The van der Waals surface area contributed by atoms with Gasteiger partial charge in [0.15, 0.2) is 0 Å². The molecule has 1 atom stereocenters. The monoisotopic (exact) mass is 242 g/mol. The fraction of sp³-hybridized carbons (Fsp3) is 0.833. The van der Waals surface area contributed by atoms with Gasteiger partial charge in [0.25, 0.3) is 0 Å². The molecule has 17 heavy (non-hydrogen) atoms. The van der Waals surface area contributed by atoms with Crippen molar-refractivity contribution < 1.29 is 14.3 Å². The van der Waals surface area contributed by atoms with Gasteiger partial charge in [-0.05, 0) is 25.8 Å². The highest BCUT2D eigenvalue weighted by atomic mass is 16.5. The Balaban J connectivity index is 2.23. The molecule has 98 valence electrons. The van der Waals surface area contributed by atoms with Crippen molar-refractivity contribution in [3.63, 3.8) is 0 Å². The van der Waals surface area contributed by atoms with Gasteiger partial charge in [-0.3, -0.25) is 9.59 Å². The molecule has 0 radical (unpaired) electrons. The zero-order valence-corrected chi connectivity index (χ0v) is 10.7. The number of amides is 1. The summed E-state index contributed by atoms with van der Waals surface area (Å²) in [6, 6.07) is 0. The van der Waals surface area contributed by atoms with E-state index in [0.29, 0.717) is 19.4 Å². The second kappa shape index (κ2) is 7.27. The Kier molecular flexibility index (Phi) is 5.97. The summed E-state index contributed by atoms with van der Waals surface area (Å²) in [5, 5.41) is 3.23. The van der Waals surface area contributed by atoms with E-state index in [1.54, 1.807) is 11.9 Å². The van der Waals surface area contributed by atoms with Crippen molar-refractivity contribution in [2.24, 2.45) is 5.92 Å². The lowest BCUT2D eigenvalue weighted by molar-refractivity contribution is -0.141. The molecule has 0 aromatic rings. The van der Waals surface area contributed by atoms with Gasteiger partial charge in [0.2, 0.25) is 5.91 Å². The molecule has 1 amide bonds. The minimum Gasteiger partial charge on any atom is -0.469 e. The van der Waals surface area contributed by atoms with Crippen LogP contribution in [0.2, 0.25) is 0 Å². The molecule has 1 rings (SSSR count). The van der Waals surface area contributed by atoms with Crippen LogP contribution in [-0.2, 0) is 14.3 Å². The fourth-order valence-electron chi connectivity index (χ4n) is 2.05. The molecule has 0 aliphatic carbocycles. The van der Waals surface area contributed by atoms with Crippen LogP contribution < -0.4 is 5.32 Å². The Labute approximate surface area is 102 Å². The highest BCUT2D eigenvalue weighted by Gasteiger charge is 2.23. The maximum absolute atomic E-state index is 12.0. The Morgan fingerprint density at radius 2 is 2.24 bits per heavy atom. The Morgan fingerprint density at radius 3 is 2.82 bits per heavy atom. The zero-order chi connectivity index (χ0) is 12.7. The normalized spacial score (nSPS) is 19.8. The lowest BCUT2D eigenvalue weighted by Gasteiger charge is -2.26. The smallest absolute Gasteiger partial charge is 0.305 e. The molecule has 5 nitrogen and oxygen atoms in total. The Hall–Kier alpha value is -1.10. The van der Waals surface area contributed by atoms with Crippen LogP contribution >= 0.6 is 0 Å². The van der Waals surface area contributed by atoms with E-state index < -0.39 is 0 Å². The molecule has 0 spiro atoms. The maximum Gasteiger partial charge on any atom is 0.305 e. The fourth-order valence-corrected chi connectivity index (χ4v) is 2.05. The summed E-state index contributed by atoms with van der Waals surface area (Å²) in [6.07, 6.45) is 3.06. The first-order valence-corrected chi connectivity index (χ1v) is 6.17. The lowest BCUT2D eigenvalue weighted by Crippen LogP contribution is -2.41. The van der Waals surface area contributed by atoms with Gasteiger partial charge in [0, 0.05) is 26.6 Å². The van der Waals surface area contributed by atoms with E-state index in [1.165, 1.54) is 7.11 Å². The molecule has 0 aromatic heterocycles. The molecule has 0 saturated carbocycles. The van der Waals surface area contributed by atoms with E-state index in [4.69, 9.17) is 0 Å². The third kappa shape index (κ3) is 4.73. The van der Waals surface area contributed by atoms with E-state index in [-0.39, 0.29) is 17.8 Å². The van der Waals surface area contributed by atoms with Gasteiger partial charge in [-0.2, -0.15) is 0 Å². The average Bonchev–Trinajstić information content (AvgIpc) is 2.38. The van der Waals surface area contributed by atoms with Crippen molar-refractivity contribution in [3.8, 4) is 0 Å². The van der Waals surface area contributed by atoms with Crippen LogP contribution in [0.3, 0.4) is 0 Å². The molecule has 1 saturated heterocycles. The zero-order valence-electron chi connectivity index (χ0n) is 10.7. The number of ether oxygens (including phenoxy) is 1. The van der Waals surface area contributed by atoms with Crippen molar-refractivity contribution in [2.45, 2.75) is 25.7 Å². The molecule has 0 aromatic carbocycles. The Bertz CT molecular complexity index is 262. The predicted molar refractivity (Wildman–Crippen MR) is 64.5 cm³/mol. The highest BCUT2D eigenvalue weighted by molar-refractivity contribution is 5.79. The molecule has 1 aliphatic rings. The molecule has 0 bridgehead atoms. The maximum atomic E-state index is 12.0. The van der Waals surface area contributed by atoms with Crippen molar-refractivity contribution in [1.29, 1.82) is 0 Å². The molecular weight excluding hydrogens is 220 g/mol. The third-order valence-corrected chi connectivity index (χ3v) is 3.12. The summed E-state index contributed by atoms with van der Waals surface area (Å²) >= 11 is 0. The Morgan fingerprint density at radius 1 is 1.47 bits per heavy atom. The first-order chi connectivity index (χ1) is 8.15. The summed E-state index contributed by atoms with van der Waals surface area (Å²) in [6.45, 7) is 2.40. The minimum absolute atomic E-state index is 0.104. The number of hydrogen-bond acceptors (Lipinski definition) is 4. The lowest BCUT2D eigenvalue weighted by atomic mass is 9.98. The van der Waals surface area contributed by atoms with E-state index in [1.807, 2.05) is 0 Å². The number of esters is 1. The van der Waals surface area contributed by atoms with Crippen molar-refractivity contribution in [2.75, 3.05) is 33.8 Å². The molecule has 5 heteroatoms. The van der Waals surface area contributed by atoms with E-state index >= 15 is 0 Å². The molecule has 0 unspecified atom stereocenters. The van der Waals surface area contributed by atoms with Gasteiger partial charge in [0.05, 0.1) is 13.0 Å². The summed E-state index contributed by atoms with van der Waals surface area (Å²) in [5.41, 5.74) is 0. The summed E-state index contributed by atoms with van der Waals surface area (Å²) in [4.78, 5) is 24.7. The summed E-state index contributed by atoms with van der Waals surface area (Å²) in [5.74, 6) is 0.0686. The van der Waals surface area contributed by atoms with Crippen LogP contribution in [0.5, 0.6) is 0 Å². The summed E-state index contributed by atoms with van der Waals surface area (Å²) in [7, 11) is 3.18. The second-order valence-corrected chi connectivity index (χ2v) is 4.48. The van der Waals surface area contributed by atoms with Gasteiger partial charge >= 0.3 is 5.97 Å². The minimum atomic E-state index is -0.217. The number of nitrogens with one attached hydrogen (secondary N) is 1. The van der Waals surface area contributed by atoms with E-state index in [9.17, 15) is 9.59 Å². The van der Waals surface area contributed by atoms with E-state index in [0.717, 1.165) is 25.9 Å². The molecule has 1 aliphatic heterocycles. The van der Waals surface area contributed by atoms with Gasteiger partial charge in [-0.25, -0.2) is 0 Å². The second-order valence-electron chi connectivity index (χ2n) is 4.48. The summed E-state index contributed by atoms with van der Waals surface area (Å²) < 4.78 is 4.56. The number of carbonyl (C=O) groups excluding carboxylic acids is 2. The number of hydrogen-bond donors (Lipinski definition) is 1.